The lowest BCUT2D eigenvalue weighted by Gasteiger charge is -2.20. The number of hydrogen-bond donors (Lipinski definition) is 1. The molecule has 29 heavy (non-hydrogen) atoms. The lowest BCUT2D eigenvalue weighted by Crippen LogP contribution is -2.22. The van der Waals surface area contributed by atoms with Crippen LogP contribution in [-0.2, 0) is 9.53 Å². The van der Waals surface area contributed by atoms with Crippen molar-refractivity contribution in [2.45, 2.75) is 33.2 Å². The minimum atomic E-state index is -0.725. The van der Waals surface area contributed by atoms with Gasteiger partial charge >= 0.3 is 5.97 Å². The minimum Gasteiger partial charge on any atom is -0.490 e. The highest BCUT2D eigenvalue weighted by atomic mass is 16.5. The van der Waals surface area contributed by atoms with E-state index < -0.39 is 12.0 Å². The number of nitrogens with zero attached hydrogens (tertiary/aromatic N) is 1. The normalized spacial score (nSPS) is 11.4. The van der Waals surface area contributed by atoms with E-state index in [9.17, 15) is 4.79 Å². The van der Waals surface area contributed by atoms with Gasteiger partial charge in [0.1, 0.15) is 0 Å². The summed E-state index contributed by atoms with van der Waals surface area (Å²) in [6, 6.07) is 13.7. The molecular formula is C23H28N2O4. The van der Waals surface area contributed by atoms with E-state index in [-0.39, 0.29) is 0 Å². The van der Waals surface area contributed by atoms with Crippen LogP contribution < -0.4 is 14.8 Å². The number of esters is 1. The molecular weight excluding hydrogens is 368 g/mol. The number of anilines is 1. The van der Waals surface area contributed by atoms with E-state index in [0.717, 1.165) is 6.42 Å². The third-order valence-electron chi connectivity index (χ3n) is 4.32. The summed E-state index contributed by atoms with van der Waals surface area (Å²) in [6.45, 7) is 7.27. The van der Waals surface area contributed by atoms with Crippen LogP contribution in [-0.4, -0.2) is 26.3 Å². The topological polar surface area (TPSA) is 80.6 Å². The van der Waals surface area contributed by atoms with Gasteiger partial charge in [-0.05, 0) is 61.2 Å². The number of benzene rings is 2. The molecule has 1 unspecified atom stereocenters. The zero-order valence-corrected chi connectivity index (χ0v) is 17.4. The maximum Gasteiger partial charge on any atom is 0.332 e. The molecule has 0 saturated carbocycles. The van der Waals surface area contributed by atoms with Crippen LogP contribution in [0.5, 0.6) is 11.5 Å². The third kappa shape index (κ3) is 6.42. The van der Waals surface area contributed by atoms with E-state index >= 15 is 0 Å². The Balaban J connectivity index is 2.28. The molecule has 0 amide bonds. The molecule has 0 aromatic heterocycles. The summed E-state index contributed by atoms with van der Waals surface area (Å²) in [6.07, 6.45) is 0.943. The van der Waals surface area contributed by atoms with Crippen molar-refractivity contribution in [3.05, 3.63) is 53.6 Å². The second-order valence-corrected chi connectivity index (χ2v) is 6.96. The zero-order chi connectivity index (χ0) is 21.2. The van der Waals surface area contributed by atoms with Crippen LogP contribution in [0.4, 0.5) is 5.69 Å². The first-order valence-electron chi connectivity index (χ1n) is 9.72. The Morgan fingerprint density at radius 1 is 1.10 bits per heavy atom. The summed E-state index contributed by atoms with van der Waals surface area (Å²) < 4.78 is 16.6. The van der Waals surface area contributed by atoms with Gasteiger partial charge in [-0.1, -0.05) is 19.9 Å². The van der Waals surface area contributed by atoms with Crippen molar-refractivity contribution in [1.82, 2.24) is 0 Å². The lowest BCUT2D eigenvalue weighted by molar-refractivity contribution is -0.141. The van der Waals surface area contributed by atoms with Crippen molar-refractivity contribution in [3.63, 3.8) is 0 Å². The van der Waals surface area contributed by atoms with Gasteiger partial charge in [-0.3, -0.25) is 0 Å². The van der Waals surface area contributed by atoms with E-state index in [1.165, 1.54) is 7.11 Å². The van der Waals surface area contributed by atoms with Crippen LogP contribution >= 0.6 is 0 Å². The zero-order valence-electron chi connectivity index (χ0n) is 17.4. The highest BCUT2D eigenvalue weighted by Crippen LogP contribution is 2.32. The fraction of sp³-hybridized carbons (Fsp3) is 0.391. The fourth-order valence-electron chi connectivity index (χ4n) is 2.70. The summed E-state index contributed by atoms with van der Waals surface area (Å²) in [5.41, 5.74) is 1.95. The van der Waals surface area contributed by atoms with Crippen molar-refractivity contribution in [2.75, 3.05) is 25.6 Å². The highest BCUT2D eigenvalue weighted by molar-refractivity contribution is 5.81. The molecule has 2 rings (SSSR count). The van der Waals surface area contributed by atoms with Crippen molar-refractivity contribution in [1.29, 1.82) is 5.26 Å². The number of carbonyl (C=O) groups excluding carboxylic acids is 1. The molecule has 0 spiro atoms. The Kier molecular flexibility index (Phi) is 8.35. The van der Waals surface area contributed by atoms with Crippen LogP contribution in [0.2, 0.25) is 0 Å². The first kappa shape index (κ1) is 22.1. The van der Waals surface area contributed by atoms with E-state index in [4.69, 9.17) is 19.5 Å². The van der Waals surface area contributed by atoms with E-state index in [1.54, 1.807) is 30.3 Å². The fourth-order valence-corrected chi connectivity index (χ4v) is 2.70. The van der Waals surface area contributed by atoms with Gasteiger partial charge in [-0.15, -0.1) is 0 Å². The molecule has 0 aliphatic rings. The van der Waals surface area contributed by atoms with Gasteiger partial charge in [0.2, 0.25) is 0 Å². The van der Waals surface area contributed by atoms with Gasteiger partial charge < -0.3 is 19.5 Å². The number of hydrogen-bond acceptors (Lipinski definition) is 6. The molecule has 0 saturated heterocycles. The number of rotatable bonds is 10. The Morgan fingerprint density at radius 3 is 2.41 bits per heavy atom. The molecule has 154 valence electrons. The van der Waals surface area contributed by atoms with E-state index in [2.05, 4.69) is 25.2 Å². The predicted molar refractivity (Wildman–Crippen MR) is 112 cm³/mol. The number of methoxy groups -OCH3 is 1. The quantitative estimate of drug-likeness (QED) is 0.586. The number of ether oxygens (including phenoxy) is 3. The molecule has 6 nitrogen and oxygen atoms in total. The summed E-state index contributed by atoms with van der Waals surface area (Å²) in [7, 11) is 1.35. The summed E-state index contributed by atoms with van der Waals surface area (Å²) in [5.74, 6) is 1.36. The van der Waals surface area contributed by atoms with E-state index in [1.807, 2.05) is 19.1 Å². The molecule has 2 aromatic rings. The maximum absolute atomic E-state index is 12.4. The van der Waals surface area contributed by atoms with Gasteiger partial charge in [-0.25, -0.2) is 4.79 Å². The molecule has 0 heterocycles. The molecule has 0 bridgehead atoms. The number of carbonyl (C=O) groups is 1. The molecule has 0 fully saturated rings. The standard InChI is InChI=1S/C23H28N2O4/c1-5-28-21-14-18(8-11-20(21)29-13-12-16(2)3)22(23(26)27-4)25-19-9-6-17(15-24)7-10-19/h6-11,14,16,22,25H,5,12-13H2,1-4H3. The largest absolute Gasteiger partial charge is 0.490 e. The van der Waals surface area contributed by atoms with Crippen LogP contribution in [0.1, 0.15) is 44.4 Å². The molecule has 1 atom stereocenters. The Morgan fingerprint density at radius 2 is 1.83 bits per heavy atom. The Hall–Kier alpha value is -3.20. The van der Waals surface area contributed by atoms with Crippen LogP contribution in [0.3, 0.4) is 0 Å². The van der Waals surface area contributed by atoms with Crippen molar-refractivity contribution in [2.24, 2.45) is 5.92 Å². The summed E-state index contributed by atoms with van der Waals surface area (Å²) in [5, 5.41) is 12.1. The Bertz CT molecular complexity index is 841. The predicted octanol–water partition coefficient (Wildman–Crippen LogP) is 4.71. The highest BCUT2D eigenvalue weighted by Gasteiger charge is 2.23. The molecule has 2 aromatic carbocycles. The first-order chi connectivity index (χ1) is 14.0. The van der Waals surface area contributed by atoms with Crippen molar-refractivity contribution >= 4 is 11.7 Å². The number of nitriles is 1. The molecule has 0 aliphatic heterocycles. The molecule has 0 aliphatic carbocycles. The Labute approximate surface area is 172 Å². The summed E-state index contributed by atoms with van der Waals surface area (Å²) in [4.78, 5) is 12.4. The van der Waals surface area contributed by atoms with Gasteiger partial charge in [0.25, 0.3) is 0 Å². The number of nitrogens with one attached hydrogen (secondary N) is 1. The third-order valence-corrected chi connectivity index (χ3v) is 4.32. The van der Waals surface area contributed by atoms with Crippen LogP contribution in [0.25, 0.3) is 0 Å². The van der Waals surface area contributed by atoms with Crippen molar-refractivity contribution in [3.8, 4) is 17.6 Å². The molecule has 0 radical (unpaired) electrons. The second-order valence-electron chi connectivity index (χ2n) is 6.96. The van der Waals surface area contributed by atoms with Crippen LogP contribution in [0.15, 0.2) is 42.5 Å². The van der Waals surface area contributed by atoms with Gasteiger partial charge in [0.05, 0.1) is 32.0 Å². The molecule has 6 heteroatoms. The van der Waals surface area contributed by atoms with Gasteiger partial charge in [0, 0.05) is 5.69 Å². The van der Waals surface area contributed by atoms with E-state index in [0.29, 0.717) is 47.4 Å². The maximum atomic E-state index is 12.4. The first-order valence-corrected chi connectivity index (χ1v) is 9.72. The smallest absolute Gasteiger partial charge is 0.332 e. The average Bonchev–Trinajstić information content (AvgIpc) is 2.73. The summed E-state index contributed by atoms with van der Waals surface area (Å²) >= 11 is 0. The minimum absolute atomic E-state index is 0.426. The lowest BCUT2D eigenvalue weighted by atomic mass is 10.1. The van der Waals surface area contributed by atoms with Crippen LogP contribution in [0, 0.1) is 17.2 Å². The molecule has 1 N–H and O–H groups in total. The van der Waals surface area contributed by atoms with Crippen molar-refractivity contribution < 1.29 is 19.0 Å². The monoisotopic (exact) mass is 396 g/mol. The SMILES string of the molecule is CCOc1cc(C(Nc2ccc(C#N)cc2)C(=O)OC)ccc1OCCC(C)C. The second kappa shape index (κ2) is 11.0. The van der Waals surface area contributed by atoms with Gasteiger partial charge in [-0.2, -0.15) is 5.26 Å². The average molecular weight is 396 g/mol. The van der Waals surface area contributed by atoms with Gasteiger partial charge in [0.15, 0.2) is 17.5 Å².